The molecule has 0 aliphatic heterocycles. The number of hydrogen-bond donors (Lipinski definition) is 0. The average molecular weight is 274 g/mol. The van der Waals surface area contributed by atoms with E-state index in [2.05, 4.69) is 15.7 Å². The first-order chi connectivity index (χ1) is 8.56. The van der Waals surface area contributed by atoms with Crippen molar-refractivity contribution in [2.75, 3.05) is 54.5 Å². The van der Waals surface area contributed by atoms with Gasteiger partial charge in [-0.2, -0.15) is 0 Å². The summed E-state index contributed by atoms with van der Waals surface area (Å²) in [5.41, 5.74) is 0. The molecule has 0 radical (unpaired) electrons. The van der Waals surface area contributed by atoms with Crippen molar-refractivity contribution in [2.45, 2.75) is 12.5 Å². The summed E-state index contributed by atoms with van der Waals surface area (Å²) in [5, 5.41) is 0. The van der Waals surface area contributed by atoms with Crippen LogP contribution in [0.3, 0.4) is 0 Å². The molecule has 0 unspecified atom stereocenters. The van der Waals surface area contributed by atoms with Crippen molar-refractivity contribution in [1.82, 2.24) is 9.80 Å². The lowest BCUT2D eigenvalue weighted by molar-refractivity contribution is -0.248. The van der Waals surface area contributed by atoms with Crippen molar-refractivity contribution < 1.29 is 13.9 Å². The fourth-order valence-electron chi connectivity index (χ4n) is 1.02. The number of nitrogens with zero attached hydrogens (tertiary/aromatic N) is 2. The van der Waals surface area contributed by atoms with Gasteiger partial charge in [-0.05, 0) is 28.2 Å². The van der Waals surface area contributed by atoms with Gasteiger partial charge in [0.15, 0.2) is 9.76 Å². The van der Waals surface area contributed by atoms with Crippen molar-refractivity contribution in [3.05, 3.63) is 0 Å². The molecule has 0 heterocycles. The summed E-state index contributed by atoms with van der Waals surface area (Å²) in [4.78, 5) is 4.10. The van der Waals surface area contributed by atoms with E-state index in [4.69, 9.17) is 20.3 Å². The lowest BCUT2D eigenvalue weighted by atomic mass is 10.6. The smallest absolute Gasteiger partial charge is 0.261 e. The van der Waals surface area contributed by atoms with Gasteiger partial charge in [0.05, 0.1) is 13.2 Å². The molecular formula is C12H26N2O3Si. The molecule has 18 heavy (non-hydrogen) atoms. The zero-order valence-corrected chi connectivity index (χ0v) is 13.4. The average Bonchev–Trinajstić information content (AvgIpc) is 2.27. The van der Waals surface area contributed by atoms with Gasteiger partial charge in [-0.25, -0.2) is 0 Å². The van der Waals surface area contributed by atoms with Gasteiger partial charge in [-0.1, -0.05) is 0 Å². The van der Waals surface area contributed by atoms with E-state index < -0.39 is 16.2 Å². The summed E-state index contributed by atoms with van der Waals surface area (Å²) in [6.45, 7) is 2.29. The monoisotopic (exact) mass is 274 g/mol. The second-order valence-corrected chi connectivity index (χ2v) is 5.70. The molecule has 0 aromatic rings. The van der Waals surface area contributed by atoms with Gasteiger partial charge in [-0.3, -0.25) is 0 Å². The molecule has 0 aromatic carbocycles. The number of ether oxygens (including phenoxy) is 2. The molecule has 0 aliphatic rings. The lowest BCUT2D eigenvalue weighted by Gasteiger charge is -2.21. The third-order valence-corrected chi connectivity index (χ3v) is 3.09. The van der Waals surface area contributed by atoms with Crippen LogP contribution < -0.4 is 0 Å². The minimum Gasteiger partial charge on any atom is -0.378 e. The standard InChI is InChI=1S/C12H26N2O3Si/c1-6-11-18-17-12(15-9-7-13(2)3)16-10-8-14(4)5/h1,12H,7-11,18H2,2-5H3. The number of terminal acetylenes is 1. The Morgan fingerprint density at radius 3 is 1.94 bits per heavy atom. The fourth-order valence-corrected chi connectivity index (χ4v) is 1.64. The highest BCUT2D eigenvalue weighted by atomic mass is 28.2. The minimum absolute atomic E-state index is 0.565. The molecule has 0 atom stereocenters. The normalized spacial score (nSPS) is 12.1. The van der Waals surface area contributed by atoms with Crippen LogP contribution in [-0.2, 0) is 13.9 Å². The van der Waals surface area contributed by atoms with Crippen LogP contribution in [0.4, 0.5) is 0 Å². The Bertz CT molecular complexity index is 218. The van der Waals surface area contributed by atoms with Crippen molar-refractivity contribution in [3.63, 3.8) is 0 Å². The van der Waals surface area contributed by atoms with Crippen LogP contribution in [-0.4, -0.2) is 80.5 Å². The summed E-state index contributed by atoms with van der Waals surface area (Å²) >= 11 is 0. The second-order valence-electron chi connectivity index (χ2n) is 4.46. The van der Waals surface area contributed by atoms with Gasteiger partial charge in [-0.15, -0.1) is 12.3 Å². The number of rotatable bonds is 11. The number of likely N-dealkylation sites (N-methyl/N-ethyl adjacent to an activating group) is 2. The van der Waals surface area contributed by atoms with Crippen LogP contribution in [0.1, 0.15) is 0 Å². The van der Waals surface area contributed by atoms with E-state index in [9.17, 15) is 0 Å². The van der Waals surface area contributed by atoms with E-state index in [1.54, 1.807) is 0 Å². The Hall–Kier alpha value is -0.423. The third-order valence-electron chi connectivity index (χ3n) is 2.09. The Kier molecular flexibility index (Phi) is 11.4. The summed E-state index contributed by atoms with van der Waals surface area (Å²) in [6.07, 6.45) is 5.20. The first-order valence-corrected chi connectivity index (χ1v) is 7.71. The third kappa shape index (κ3) is 12.0. The summed E-state index contributed by atoms with van der Waals surface area (Å²) in [5.74, 6) is 2.58. The predicted octanol–water partition coefficient (Wildman–Crippen LogP) is -0.422. The Morgan fingerprint density at radius 2 is 1.56 bits per heavy atom. The molecule has 0 rings (SSSR count). The summed E-state index contributed by atoms with van der Waals surface area (Å²) in [6, 6.07) is 0.699. The first-order valence-electron chi connectivity index (χ1n) is 6.14. The molecule has 0 N–H and O–H groups in total. The van der Waals surface area contributed by atoms with Crippen molar-refractivity contribution >= 4 is 9.76 Å². The van der Waals surface area contributed by atoms with Crippen LogP contribution in [0.25, 0.3) is 0 Å². The van der Waals surface area contributed by atoms with Crippen LogP contribution in [0.15, 0.2) is 0 Å². The molecule has 106 valence electrons. The molecule has 0 saturated carbocycles. The van der Waals surface area contributed by atoms with Crippen molar-refractivity contribution in [1.29, 1.82) is 0 Å². The molecule has 0 aromatic heterocycles. The number of hydrogen-bond acceptors (Lipinski definition) is 5. The highest BCUT2D eigenvalue weighted by Crippen LogP contribution is 1.98. The Balaban J connectivity index is 3.80. The van der Waals surface area contributed by atoms with E-state index >= 15 is 0 Å². The quantitative estimate of drug-likeness (QED) is 0.221. The van der Waals surface area contributed by atoms with Gasteiger partial charge in [0.2, 0.25) is 0 Å². The van der Waals surface area contributed by atoms with Crippen LogP contribution in [0, 0.1) is 12.3 Å². The molecule has 0 spiro atoms. The fraction of sp³-hybridized carbons (Fsp3) is 0.833. The van der Waals surface area contributed by atoms with Crippen LogP contribution in [0.5, 0.6) is 0 Å². The van der Waals surface area contributed by atoms with E-state index in [1.807, 2.05) is 28.2 Å². The summed E-state index contributed by atoms with van der Waals surface area (Å²) < 4.78 is 16.6. The zero-order valence-electron chi connectivity index (χ0n) is 12.0. The van der Waals surface area contributed by atoms with E-state index in [-0.39, 0.29) is 0 Å². The van der Waals surface area contributed by atoms with Gasteiger partial charge in [0.25, 0.3) is 6.48 Å². The summed E-state index contributed by atoms with van der Waals surface area (Å²) in [7, 11) is 7.25. The Morgan fingerprint density at radius 1 is 1.06 bits per heavy atom. The minimum atomic E-state index is -0.744. The van der Waals surface area contributed by atoms with E-state index in [0.29, 0.717) is 19.3 Å². The van der Waals surface area contributed by atoms with Gasteiger partial charge in [0.1, 0.15) is 0 Å². The van der Waals surface area contributed by atoms with Gasteiger partial charge in [0, 0.05) is 19.1 Å². The molecule has 0 bridgehead atoms. The van der Waals surface area contributed by atoms with E-state index in [1.165, 1.54) is 0 Å². The van der Waals surface area contributed by atoms with Crippen LogP contribution >= 0.6 is 0 Å². The largest absolute Gasteiger partial charge is 0.378 e. The Labute approximate surface area is 113 Å². The second kappa shape index (κ2) is 11.7. The van der Waals surface area contributed by atoms with Crippen molar-refractivity contribution in [2.24, 2.45) is 0 Å². The molecule has 0 fully saturated rings. The zero-order chi connectivity index (χ0) is 13.8. The molecule has 5 nitrogen and oxygen atoms in total. The van der Waals surface area contributed by atoms with Gasteiger partial charge >= 0.3 is 0 Å². The SMILES string of the molecule is C#CC[SiH2]OC(OCCN(C)C)OCCN(C)C. The first kappa shape index (κ1) is 17.6. The van der Waals surface area contributed by atoms with E-state index in [0.717, 1.165) is 13.1 Å². The van der Waals surface area contributed by atoms with Crippen molar-refractivity contribution in [3.8, 4) is 12.3 Å². The molecule has 6 heteroatoms. The molecule has 0 saturated heterocycles. The maximum atomic E-state index is 5.56. The maximum absolute atomic E-state index is 5.56. The highest BCUT2D eigenvalue weighted by molar-refractivity contribution is 6.28. The molecular weight excluding hydrogens is 248 g/mol. The maximum Gasteiger partial charge on any atom is 0.261 e. The topological polar surface area (TPSA) is 34.2 Å². The lowest BCUT2D eigenvalue weighted by Crippen LogP contribution is -2.30. The molecule has 0 aliphatic carbocycles. The van der Waals surface area contributed by atoms with Crippen LogP contribution in [0.2, 0.25) is 6.04 Å². The molecule has 0 amide bonds. The predicted molar refractivity (Wildman–Crippen MR) is 76.1 cm³/mol. The highest BCUT2D eigenvalue weighted by Gasteiger charge is 2.09. The van der Waals surface area contributed by atoms with Gasteiger partial charge < -0.3 is 23.7 Å².